The van der Waals surface area contributed by atoms with Crippen LogP contribution in [0.25, 0.3) is 0 Å². The Labute approximate surface area is 123 Å². The van der Waals surface area contributed by atoms with Crippen LogP contribution < -0.4 is 10.5 Å². The molecule has 108 valence electrons. The highest BCUT2D eigenvalue weighted by molar-refractivity contribution is 7.09. The zero-order chi connectivity index (χ0) is 14.8. The number of nitrogens with two attached hydrogens (primary N) is 1. The minimum atomic E-state index is -0.202. The molecule has 2 aromatic rings. The lowest BCUT2D eigenvalue weighted by molar-refractivity contribution is 0.390. The summed E-state index contributed by atoms with van der Waals surface area (Å²) in [6, 6.07) is 3.41. The van der Waals surface area contributed by atoms with E-state index in [0.29, 0.717) is 12.3 Å². The molecule has 0 aliphatic carbocycles. The van der Waals surface area contributed by atoms with Crippen molar-refractivity contribution in [1.82, 2.24) is 15.2 Å². The first-order chi connectivity index (χ1) is 9.40. The van der Waals surface area contributed by atoms with E-state index in [4.69, 9.17) is 10.5 Å². The second-order valence-corrected chi connectivity index (χ2v) is 6.63. The van der Waals surface area contributed by atoms with E-state index in [-0.39, 0.29) is 11.5 Å². The zero-order valence-electron chi connectivity index (χ0n) is 12.3. The van der Waals surface area contributed by atoms with Crippen LogP contribution in [0, 0.1) is 0 Å². The van der Waals surface area contributed by atoms with E-state index in [1.165, 1.54) is 0 Å². The predicted molar refractivity (Wildman–Crippen MR) is 80.0 cm³/mol. The summed E-state index contributed by atoms with van der Waals surface area (Å²) in [4.78, 5) is 4.65. The number of hydrogen-bond donors (Lipinski definition) is 1. The molecule has 5 nitrogen and oxygen atoms in total. The monoisotopic (exact) mass is 292 g/mol. The highest BCUT2D eigenvalue weighted by Crippen LogP contribution is 2.25. The van der Waals surface area contributed by atoms with Gasteiger partial charge in [-0.25, -0.2) is 4.98 Å². The Kier molecular flexibility index (Phi) is 4.35. The van der Waals surface area contributed by atoms with Crippen molar-refractivity contribution in [3.63, 3.8) is 0 Å². The van der Waals surface area contributed by atoms with Crippen molar-refractivity contribution in [2.45, 2.75) is 38.6 Å². The van der Waals surface area contributed by atoms with Crippen LogP contribution in [-0.4, -0.2) is 22.3 Å². The summed E-state index contributed by atoms with van der Waals surface area (Å²) < 4.78 is 4.98. The Hall–Kier alpha value is -1.53. The maximum absolute atomic E-state index is 6.16. The third-order valence-electron chi connectivity index (χ3n) is 2.96. The van der Waals surface area contributed by atoms with Gasteiger partial charge in [0.05, 0.1) is 29.5 Å². The van der Waals surface area contributed by atoms with E-state index in [9.17, 15) is 0 Å². The molecular weight excluding hydrogens is 272 g/mol. The number of thiazole rings is 1. The number of methoxy groups -OCH3 is 1. The van der Waals surface area contributed by atoms with Gasteiger partial charge in [-0.3, -0.25) is 0 Å². The molecule has 6 heteroatoms. The van der Waals surface area contributed by atoms with E-state index in [1.807, 2.05) is 6.07 Å². The minimum absolute atomic E-state index is 0.0682. The number of aromatic nitrogens is 3. The molecule has 2 aromatic heterocycles. The predicted octanol–water partition coefficient (Wildman–Crippen LogP) is 2.48. The molecule has 2 N–H and O–H groups in total. The van der Waals surface area contributed by atoms with Gasteiger partial charge < -0.3 is 10.5 Å². The number of ether oxygens (including phenoxy) is 1. The largest absolute Gasteiger partial charge is 0.480 e. The molecule has 20 heavy (non-hydrogen) atoms. The quantitative estimate of drug-likeness (QED) is 0.937. The molecule has 2 heterocycles. The summed E-state index contributed by atoms with van der Waals surface area (Å²) in [5.74, 6) is 0.491. The van der Waals surface area contributed by atoms with Crippen molar-refractivity contribution in [3.05, 3.63) is 33.9 Å². The Balaban J connectivity index is 2.07. The van der Waals surface area contributed by atoms with Crippen LogP contribution in [0.2, 0.25) is 0 Å². The van der Waals surface area contributed by atoms with Crippen LogP contribution in [0.1, 0.15) is 43.2 Å². The van der Waals surface area contributed by atoms with Gasteiger partial charge in [0, 0.05) is 23.3 Å². The van der Waals surface area contributed by atoms with Gasteiger partial charge in [0.2, 0.25) is 5.88 Å². The smallest absolute Gasteiger partial charge is 0.233 e. The lowest BCUT2D eigenvalue weighted by atomic mass is 9.93. The molecule has 0 saturated heterocycles. The summed E-state index contributed by atoms with van der Waals surface area (Å²) >= 11 is 1.64. The van der Waals surface area contributed by atoms with Crippen molar-refractivity contribution in [2.24, 2.45) is 5.73 Å². The highest BCUT2D eigenvalue weighted by Gasteiger charge is 2.19. The van der Waals surface area contributed by atoms with Gasteiger partial charge in [-0.2, -0.15) is 5.10 Å². The normalized spacial score (nSPS) is 13.2. The minimum Gasteiger partial charge on any atom is -0.480 e. The molecule has 0 amide bonds. The van der Waals surface area contributed by atoms with Gasteiger partial charge in [-0.15, -0.1) is 16.4 Å². The number of rotatable bonds is 4. The van der Waals surface area contributed by atoms with Gasteiger partial charge in [0.25, 0.3) is 0 Å². The van der Waals surface area contributed by atoms with Gasteiger partial charge >= 0.3 is 0 Å². The molecule has 2 rings (SSSR count). The molecule has 0 aromatic carbocycles. The van der Waals surface area contributed by atoms with Crippen LogP contribution in [0.4, 0.5) is 0 Å². The van der Waals surface area contributed by atoms with Crippen molar-refractivity contribution >= 4 is 11.3 Å². The zero-order valence-corrected chi connectivity index (χ0v) is 13.1. The Morgan fingerprint density at radius 1 is 1.30 bits per heavy atom. The third-order valence-corrected chi connectivity index (χ3v) is 3.84. The van der Waals surface area contributed by atoms with Gasteiger partial charge in [0.1, 0.15) is 0 Å². The van der Waals surface area contributed by atoms with E-state index in [2.05, 4.69) is 41.3 Å². The highest BCUT2D eigenvalue weighted by atomic mass is 32.1. The topological polar surface area (TPSA) is 73.9 Å². The van der Waals surface area contributed by atoms with E-state index in [0.717, 1.165) is 16.4 Å². The van der Waals surface area contributed by atoms with Gasteiger partial charge in [-0.1, -0.05) is 20.8 Å². The van der Waals surface area contributed by atoms with Crippen molar-refractivity contribution < 1.29 is 4.74 Å². The summed E-state index contributed by atoms with van der Waals surface area (Å²) in [6.45, 7) is 6.46. The maximum atomic E-state index is 6.16. The summed E-state index contributed by atoms with van der Waals surface area (Å²) in [5, 5.41) is 11.1. The fourth-order valence-corrected chi connectivity index (χ4v) is 2.76. The molecule has 0 aliphatic heterocycles. The van der Waals surface area contributed by atoms with Crippen molar-refractivity contribution in [3.8, 4) is 5.88 Å². The van der Waals surface area contributed by atoms with Crippen molar-refractivity contribution in [2.75, 3.05) is 7.11 Å². The first-order valence-electron chi connectivity index (χ1n) is 6.48. The van der Waals surface area contributed by atoms with Crippen LogP contribution in [-0.2, 0) is 11.8 Å². The second-order valence-electron chi connectivity index (χ2n) is 5.69. The SMILES string of the molecule is COc1ccc(C(N)Cc2nc(C(C)(C)C)cs2)nn1. The fourth-order valence-electron chi connectivity index (χ4n) is 1.68. The fraction of sp³-hybridized carbons (Fsp3) is 0.500. The van der Waals surface area contributed by atoms with Crippen LogP contribution in [0.5, 0.6) is 5.88 Å². The molecule has 0 aliphatic rings. The van der Waals surface area contributed by atoms with E-state index >= 15 is 0 Å². The van der Waals surface area contributed by atoms with E-state index < -0.39 is 0 Å². The lowest BCUT2D eigenvalue weighted by Crippen LogP contribution is -2.16. The molecule has 1 atom stereocenters. The molecule has 0 saturated carbocycles. The average molecular weight is 292 g/mol. The molecule has 0 fully saturated rings. The number of hydrogen-bond acceptors (Lipinski definition) is 6. The first-order valence-corrected chi connectivity index (χ1v) is 7.36. The Bertz CT molecular complexity index is 559. The first kappa shape index (κ1) is 14.9. The van der Waals surface area contributed by atoms with Gasteiger partial charge in [0.15, 0.2) is 0 Å². The number of nitrogens with zero attached hydrogens (tertiary/aromatic N) is 3. The summed E-state index contributed by atoms with van der Waals surface area (Å²) in [6.07, 6.45) is 0.668. The Morgan fingerprint density at radius 3 is 2.55 bits per heavy atom. The molecule has 0 spiro atoms. The van der Waals surface area contributed by atoms with Crippen molar-refractivity contribution in [1.29, 1.82) is 0 Å². The maximum Gasteiger partial charge on any atom is 0.233 e. The summed E-state index contributed by atoms with van der Waals surface area (Å²) in [5.41, 5.74) is 8.08. The average Bonchev–Trinajstić information content (AvgIpc) is 2.87. The van der Waals surface area contributed by atoms with Crippen LogP contribution in [0.15, 0.2) is 17.5 Å². The van der Waals surface area contributed by atoms with Gasteiger partial charge in [-0.05, 0) is 6.07 Å². The molecule has 0 bridgehead atoms. The third kappa shape index (κ3) is 3.52. The standard InChI is InChI=1S/C14H20N4OS/c1-14(2,3)11-8-20-13(16-11)7-9(15)10-5-6-12(19-4)18-17-10/h5-6,8-9H,7,15H2,1-4H3. The van der Waals surface area contributed by atoms with Crippen LogP contribution in [0.3, 0.4) is 0 Å². The summed E-state index contributed by atoms with van der Waals surface area (Å²) in [7, 11) is 1.56. The van der Waals surface area contributed by atoms with Crippen LogP contribution >= 0.6 is 11.3 Å². The lowest BCUT2D eigenvalue weighted by Gasteiger charge is -2.14. The van der Waals surface area contributed by atoms with E-state index in [1.54, 1.807) is 24.5 Å². The second kappa shape index (κ2) is 5.85. The molecular formula is C14H20N4OS. The molecule has 0 radical (unpaired) electrons. The Morgan fingerprint density at radius 2 is 2.05 bits per heavy atom. The molecule has 1 unspecified atom stereocenters.